The highest BCUT2D eigenvalue weighted by Gasteiger charge is 2.36. The molecule has 0 bridgehead atoms. The molecule has 1 N–H and O–H groups in total. The summed E-state index contributed by atoms with van der Waals surface area (Å²) >= 11 is 3.08. The molecule has 1 aromatic rings. The van der Waals surface area contributed by atoms with Gasteiger partial charge in [0.2, 0.25) is 5.91 Å². The molecule has 5 nitrogen and oxygen atoms in total. The quantitative estimate of drug-likeness (QED) is 0.496. The zero-order valence-electron chi connectivity index (χ0n) is 11.1. The van der Waals surface area contributed by atoms with E-state index >= 15 is 0 Å². The highest BCUT2D eigenvalue weighted by Crippen LogP contribution is 2.37. The van der Waals surface area contributed by atoms with Crippen LogP contribution in [0.4, 0.5) is 24.5 Å². The van der Waals surface area contributed by atoms with Crippen LogP contribution in [0.3, 0.4) is 0 Å². The number of hydrogen-bond donors (Lipinski definition) is 1. The molecule has 1 amide bonds. The summed E-state index contributed by atoms with van der Waals surface area (Å²) < 4.78 is 38.7. The third-order valence-corrected chi connectivity index (χ3v) is 4.09. The molecule has 0 heterocycles. The number of alkyl halides is 4. The van der Waals surface area contributed by atoms with Crippen LogP contribution in [0.15, 0.2) is 18.2 Å². The number of anilines is 1. The van der Waals surface area contributed by atoms with Gasteiger partial charge in [0.25, 0.3) is 5.69 Å². The van der Waals surface area contributed by atoms with Crippen LogP contribution in [0, 0.1) is 16.0 Å². The van der Waals surface area contributed by atoms with Gasteiger partial charge in [-0.3, -0.25) is 14.9 Å². The van der Waals surface area contributed by atoms with Crippen molar-refractivity contribution in [2.45, 2.75) is 24.9 Å². The fraction of sp³-hybridized carbons (Fsp3) is 0.417. The first-order valence-corrected chi connectivity index (χ1v) is 6.76. The second-order valence-electron chi connectivity index (χ2n) is 4.62. The van der Waals surface area contributed by atoms with Gasteiger partial charge in [-0.1, -0.05) is 29.8 Å². The summed E-state index contributed by atoms with van der Waals surface area (Å²) in [6.45, 7) is 3.44. The van der Waals surface area contributed by atoms with Crippen molar-refractivity contribution in [2.75, 3.05) is 5.32 Å². The average molecular weight is 369 g/mol. The highest BCUT2D eigenvalue weighted by molar-refractivity contribution is 9.10. The van der Waals surface area contributed by atoms with Crippen LogP contribution in [0.5, 0.6) is 0 Å². The lowest BCUT2D eigenvalue weighted by Gasteiger charge is -2.17. The average Bonchev–Trinajstić information content (AvgIpc) is 2.36. The number of carbonyl (C=O) groups excluding carboxylic acids is 1. The van der Waals surface area contributed by atoms with Gasteiger partial charge in [-0.2, -0.15) is 13.2 Å². The van der Waals surface area contributed by atoms with E-state index in [1.807, 2.05) is 0 Å². The normalized spacial score (nSPS) is 13.1. The van der Waals surface area contributed by atoms with E-state index in [9.17, 15) is 28.1 Å². The minimum Gasteiger partial charge on any atom is -0.325 e. The number of hydrogen-bond acceptors (Lipinski definition) is 3. The Hall–Kier alpha value is -1.64. The highest BCUT2D eigenvalue weighted by atomic mass is 79.9. The molecule has 0 saturated heterocycles. The van der Waals surface area contributed by atoms with Gasteiger partial charge in [0, 0.05) is 12.1 Å². The fourth-order valence-corrected chi connectivity index (χ4v) is 1.61. The van der Waals surface area contributed by atoms with Crippen LogP contribution in [0.25, 0.3) is 0 Å². The number of nitrogens with one attached hydrogen (secondary N) is 1. The Kier molecular flexibility index (Phi) is 5.32. The van der Waals surface area contributed by atoms with Crippen LogP contribution in [-0.4, -0.2) is 15.7 Å². The van der Waals surface area contributed by atoms with Gasteiger partial charge in [-0.25, -0.2) is 0 Å². The Bertz CT molecular complexity index is 561. The minimum atomic E-state index is -4.81. The Morgan fingerprint density at radius 3 is 2.38 bits per heavy atom. The van der Waals surface area contributed by atoms with Crippen molar-refractivity contribution in [3.8, 4) is 0 Å². The van der Waals surface area contributed by atoms with E-state index < -0.39 is 38.8 Å². The van der Waals surface area contributed by atoms with E-state index in [1.54, 1.807) is 13.8 Å². The van der Waals surface area contributed by atoms with E-state index in [0.29, 0.717) is 6.07 Å². The first kappa shape index (κ1) is 17.4. The summed E-state index contributed by atoms with van der Waals surface area (Å²) in [5.41, 5.74) is -2.46. The van der Waals surface area contributed by atoms with E-state index in [-0.39, 0.29) is 5.92 Å². The van der Waals surface area contributed by atoms with Gasteiger partial charge in [0.15, 0.2) is 0 Å². The second kappa shape index (κ2) is 6.42. The molecule has 116 valence electrons. The Balaban J connectivity index is 3.18. The lowest BCUT2D eigenvalue weighted by Crippen LogP contribution is -2.28. The molecular formula is C12H12BrF3N2O3. The molecule has 9 heteroatoms. The number of non-ortho nitro benzene ring substituents is 1. The molecule has 21 heavy (non-hydrogen) atoms. The first-order valence-electron chi connectivity index (χ1n) is 5.84. The summed E-state index contributed by atoms with van der Waals surface area (Å²) in [5, 5.41) is 12.7. The van der Waals surface area contributed by atoms with Crippen molar-refractivity contribution >= 4 is 33.2 Å². The van der Waals surface area contributed by atoms with Crippen LogP contribution in [0.2, 0.25) is 0 Å². The molecule has 0 aliphatic carbocycles. The van der Waals surface area contributed by atoms with Gasteiger partial charge in [0.05, 0.1) is 21.0 Å². The molecule has 1 rings (SSSR count). The molecule has 0 spiro atoms. The monoisotopic (exact) mass is 368 g/mol. The van der Waals surface area contributed by atoms with E-state index in [2.05, 4.69) is 21.2 Å². The lowest BCUT2D eigenvalue weighted by molar-refractivity contribution is -0.385. The van der Waals surface area contributed by atoms with Gasteiger partial charge in [-0.15, -0.1) is 0 Å². The summed E-state index contributed by atoms with van der Waals surface area (Å²) in [7, 11) is 0. The topological polar surface area (TPSA) is 72.2 Å². The number of rotatable bonds is 4. The third-order valence-electron chi connectivity index (χ3n) is 2.61. The molecule has 0 aliphatic rings. The van der Waals surface area contributed by atoms with Crippen molar-refractivity contribution in [3.63, 3.8) is 0 Å². The lowest BCUT2D eigenvalue weighted by atomic mass is 10.1. The maximum absolute atomic E-state index is 12.9. The standard InChI is InChI=1S/C12H12BrF3N2O3/c1-6(2)10(13)11(19)17-9-4-3-7(18(20)21)5-8(9)12(14,15)16/h3-6,10H,1-2H3,(H,17,19). The molecule has 1 atom stereocenters. The predicted octanol–water partition coefficient (Wildman–Crippen LogP) is 3.97. The maximum Gasteiger partial charge on any atom is 0.418 e. The van der Waals surface area contributed by atoms with Crippen LogP contribution in [0.1, 0.15) is 19.4 Å². The Morgan fingerprint density at radius 1 is 1.38 bits per heavy atom. The SMILES string of the molecule is CC(C)C(Br)C(=O)Nc1ccc([N+](=O)[O-])cc1C(F)(F)F. The zero-order valence-corrected chi connectivity index (χ0v) is 12.7. The fourth-order valence-electron chi connectivity index (χ4n) is 1.49. The summed E-state index contributed by atoms with van der Waals surface area (Å²) in [5.74, 6) is -0.776. The van der Waals surface area contributed by atoms with Crippen LogP contribution in [-0.2, 0) is 11.0 Å². The van der Waals surface area contributed by atoms with Crippen molar-refractivity contribution in [1.82, 2.24) is 0 Å². The Morgan fingerprint density at radius 2 is 1.95 bits per heavy atom. The predicted molar refractivity (Wildman–Crippen MR) is 74.3 cm³/mol. The molecule has 0 aromatic heterocycles. The number of benzene rings is 1. The third kappa shape index (κ3) is 4.42. The number of nitrogens with zero attached hydrogens (tertiary/aromatic N) is 1. The number of amides is 1. The molecule has 0 radical (unpaired) electrons. The number of nitro benzene ring substituents is 1. The van der Waals surface area contributed by atoms with Gasteiger partial charge >= 0.3 is 6.18 Å². The van der Waals surface area contributed by atoms with E-state index in [4.69, 9.17) is 0 Å². The summed E-state index contributed by atoms with van der Waals surface area (Å²) in [4.78, 5) is 20.7. The van der Waals surface area contributed by atoms with Crippen molar-refractivity contribution in [2.24, 2.45) is 5.92 Å². The molecule has 0 aliphatic heterocycles. The largest absolute Gasteiger partial charge is 0.418 e. The van der Waals surface area contributed by atoms with E-state index in [0.717, 1.165) is 12.1 Å². The first-order chi connectivity index (χ1) is 9.54. The summed E-state index contributed by atoms with van der Waals surface area (Å²) in [6.07, 6.45) is -4.81. The van der Waals surface area contributed by atoms with E-state index in [1.165, 1.54) is 0 Å². The van der Waals surface area contributed by atoms with Crippen LogP contribution < -0.4 is 5.32 Å². The number of halogens is 4. The Labute approximate surface area is 126 Å². The van der Waals surface area contributed by atoms with Crippen molar-refractivity contribution in [3.05, 3.63) is 33.9 Å². The number of carbonyl (C=O) groups is 1. The molecule has 0 saturated carbocycles. The second-order valence-corrected chi connectivity index (χ2v) is 5.61. The van der Waals surface area contributed by atoms with Crippen molar-refractivity contribution < 1.29 is 22.9 Å². The minimum absolute atomic E-state index is 0.127. The maximum atomic E-state index is 12.9. The molecule has 1 aromatic carbocycles. The zero-order chi connectivity index (χ0) is 16.4. The smallest absolute Gasteiger partial charge is 0.325 e. The summed E-state index contributed by atoms with van der Waals surface area (Å²) in [6, 6.07) is 2.18. The molecule has 1 unspecified atom stereocenters. The number of nitro groups is 1. The van der Waals surface area contributed by atoms with Crippen LogP contribution >= 0.6 is 15.9 Å². The molecular weight excluding hydrogens is 357 g/mol. The molecule has 0 fully saturated rings. The van der Waals surface area contributed by atoms with Gasteiger partial charge in [0.1, 0.15) is 0 Å². The van der Waals surface area contributed by atoms with Gasteiger partial charge < -0.3 is 5.32 Å². The van der Waals surface area contributed by atoms with Gasteiger partial charge in [-0.05, 0) is 12.0 Å². The van der Waals surface area contributed by atoms with Crippen molar-refractivity contribution in [1.29, 1.82) is 0 Å².